The van der Waals surface area contributed by atoms with Crippen molar-refractivity contribution in [1.82, 2.24) is 4.90 Å². The highest BCUT2D eigenvalue weighted by atomic mass is 35.5. The van der Waals surface area contributed by atoms with Gasteiger partial charge in [0.1, 0.15) is 0 Å². The SMILES string of the molecule is CCC1(O)CN(C(=O)C=Cc2c(Cl)cccc2Cl)C1. The Balaban J connectivity index is 2.02. The standard InChI is InChI=1S/C14H15Cl2NO2/c1-2-14(19)8-17(9-14)13(18)7-6-10-11(15)4-3-5-12(10)16/h3-7,19H,2,8-9H2,1H3. The van der Waals surface area contributed by atoms with E-state index in [0.717, 1.165) is 0 Å². The molecule has 0 atom stereocenters. The summed E-state index contributed by atoms with van der Waals surface area (Å²) in [6.07, 6.45) is 3.69. The van der Waals surface area contributed by atoms with Crippen LogP contribution in [0.15, 0.2) is 24.3 Å². The zero-order chi connectivity index (χ0) is 14.0. The maximum absolute atomic E-state index is 11.9. The molecule has 1 saturated heterocycles. The highest BCUT2D eigenvalue weighted by Gasteiger charge is 2.41. The summed E-state index contributed by atoms with van der Waals surface area (Å²) in [5, 5.41) is 10.9. The van der Waals surface area contributed by atoms with E-state index in [1.165, 1.54) is 6.08 Å². The van der Waals surface area contributed by atoms with Crippen LogP contribution in [0.4, 0.5) is 0 Å². The molecule has 0 unspecified atom stereocenters. The third-order valence-corrected chi connectivity index (χ3v) is 3.99. The molecule has 1 heterocycles. The molecule has 5 heteroatoms. The van der Waals surface area contributed by atoms with Crippen LogP contribution in [0.5, 0.6) is 0 Å². The van der Waals surface area contributed by atoms with Crippen LogP contribution in [0.3, 0.4) is 0 Å². The molecule has 3 nitrogen and oxygen atoms in total. The summed E-state index contributed by atoms with van der Waals surface area (Å²) in [5.74, 6) is -0.144. The highest BCUT2D eigenvalue weighted by molar-refractivity contribution is 6.37. The average Bonchev–Trinajstić information content (AvgIpc) is 2.34. The monoisotopic (exact) mass is 299 g/mol. The minimum absolute atomic E-state index is 0.144. The Labute approximate surface area is 122 Å². The Hall–Kier alpha value is -1.03. The quantitative estimate of drug-likeness (QED) is 0.872. The lowest BCUT2D eigenvalue weighted by atomic mass is 9.91. The maximum atomic E-state index is 11.9. The van der Waals surface area contributed by atoms with E-state index in [0.29, 0.717) is 35.1 Å². The molecule has 1 aliphatic heterocycles. The van der Waals surface area contributed by atoms with Crippen LogP contribution < -0.4 is 0 Å². The third kappa shape index (κ3) is 3.11. The molecule has 1 aliphatic rings. The molecule has 1 amide bonds. The smallest absolute Gasteiger partial charge is 0.246 e. The molecule has 0 spiro atoms. The van der Waals surface area contributed by atoms with Gasteiger partial charge >= 0.3 is 0 Å². The van der Waals surface area contributed by atoms with Gasteiger partial charge in [-0.1, -0.05) is 36.2 Å². The van der Waals surface area contributed by atoms with Crippen LogP contribution in [-0.4, -0.2) is 34.6 Å². The number of carbonyl (C=O) groups is 1. The van der Waals surface area contributed by atoms with Crippen molar-refractivity contribution < 1.29 is 9.90 Å². The number of carbonyl (C=O) groups excluding carboxylic acids is 1. The second-order valence-corrected chi connectivity index (χ2v) is 5.56. The number of β-amino-alcohol motifs (C(OH)–C–C–N with tert-alkyl or cyclic N) is 1. The molecule has 1 N–H and O–H groups in total. The molecule has 0 aliphatic carbocycles. The van der Waals surface area contributed by atoms with Crippen molar-refractivity contribution in [3.63, 3.8) is 0 Å². The zero-order valence-corrected chi connectivity index (χ0v) is 12.1. The number of rotatable bonds is 3. The van der Waals surface area contributed by atoms with Crippen LogP contribution in [0.2, 0.25) is 10.0 Å². The van der Waals surface area contributed by atoms with Gasteiger partial charge in [-0.15, -0.1) is 0 Å². The average molecular weight is 300 g/mol. The molecule has 0 saturated carbocycles. The topological polar surface area (TPSA) is 40.5 Å². The number of halogens is 2. The van der Waals surface area contributed by atoms with E-state index in [2.05, 4.69) is 0 Å². The van der Waals surface area contributed by atoms with Crippen molar-refractivity contribution in [2.24, 2.45) is 0 Å². The molecular weight excluding hydrogens is 285 g/mol. The summed E-state index contributed by atoms with van der Waals surface area (Å²) in [7, 11) is 0. The predicted molar refractivity (Wildman–Crippen MR) is 77.3 cm³/mol. The van der Waals surface area contributed by atoms with Crippen LogP contribution in [0, 0.1) is 0 Å². The lowest BCUT2D eigenvalue weighted by Gasteiger charge is -2.45. The first-order valence-electron chi connectivity index (χ1n) is 6.08. The summed E-state index contributed by atoms with van der Waals surface area (Å²) in [6.45, 7) is 2.66. The van der Waals surface area contributed by atoms with E-state index in [1.807, 2.05) is 6.92 Å². The first-order chi connectivity index (χ1) is 8.95. The molecule has 1 aromatic rings. The predicted octanol–water partition coefficient (Wildman–Crippen LogP) is 2.99. The van der Waals surface area contributed by atoms with Gasteiger partial charge in [0, 0.05) is 21.7 Å². The van der Waals surface area contributed by atoms with Crippen molar-refractivity contribution in [3.8, 4) is 0 Å². The van der Waals surface area contributed by atoms with Crippen molar-refractivity contribution in [1.29, 1.82) is 0 Å². The fraction of sp³-hybridized carbons (Fsp3) is 0.357. The first kappa shape index (κ1) is 14.4. The third-order valence-electron chi connectivity index (χ3n) is 3.33. The minimum atomic E-state index is -0.717. The lowest BCUT2D eigenvalue weighted by Crippen LogP contribution is -2.62. The molecular formula is C14H15Cl2NO2. The number of aliphatic hydroxyl groups is 1. The second kappa shape index (κ2) is 5.53. The number of nitrogens with zero attached hydrogens (tertiary/aromatic N) is 1. The van der Waals surface area contributed by atoms with Gasteiger partial charge in [0.25, 0.3) is 0 Å². The van der Waals surface area contributed by atoms with E-state index in [9.17, 15) is 9.90 Å². The zero-order valence-electron chi connectivity index (χ0n) is 10.6. The van der Waals surface area contributed by atoms with E-state index in [-0.39, 0.29) is 5.91 Å². The number of amides is 1. The summed E-state index contributed by atoms with van der Waals surface area (Å²) in [6, 6.07) is 5.19. The van der Waals surface area contributed by atoms with E-state index >= 15 is 0 Å². The van der Waals surface area contributed by atoms with Crippen LogP contribution >= 0.6 is 23.2 Å². The maximum Gasteiger partial charge on any atom is 0.246 e. The van der Waals surface area contributed by atoms with Gasteiger partial charge in [-0.3, -0.25) is 4.79 Å². The molecule has 1 fully saturated rings. The Morgan fingerprint density at radius 3 is 2.53 bits per heavy atom. The Morgan fingerprint density at radius 1 is 1.42 bits per heavy atom. The van der Waals surface area contributed by atoms with Gasteiger partial charge in [0.15, 0.2) is 0 Å². The number of benzene rings is 1. The second-order valence-electron chi connectivity index (χ2n) is 4.74. The molecule has 0 aromatic heterocycles. The Kier molecular flexibility index (Phi) is 4.19. The summed E-state index contributed by atoms with van der Waals surface area (Å²) in [4.78, 5) is 13.5. The van der Waals surface area contributed by atoms with Gasteiger partial charge in [0.2, 0.25) is 5.91 Å². The van der Waals surface area contributed by atoms with E-state index in [1.54, 1.807) is 29.2 Å². The number of hydrogen-bond donors (Lipinski definition) is 1. The van der Waals surface area contributed by atoms with Gasteiger partial charge in [0.05, 0.1) is 18.7 Å². The normalized spacial score (nSPS) is 17.6. The van der Waals surface area contributed by atoms with Crippen LogP contribution in [0.25, 0.3) is 6.08 Å². The minimum Gasteiger partial charge on any atom is -0.386 e. The molecule has 19 heavy (non-hydrogen) atoms. The van der Waals surface area contributed by atoms with Crippen molar-refractivity contribution in [2.75, 3.05) is 13.1 Å². The lowest BCUT2D eigenvalue weighted by molar-refractivity contribution is -0.150. The van der Waals surface area contributed by atoms with Crippen molar-refractivity contribution in [3.05, 3.63) is 39.9 Å². The van der Waals surface area contributed by atoms with Gasteiger partial charge in [-0.25, -0.2) is 0 Å². The fourth-order valence-corrected chi connectivity index (χ4v) is 2.50. The van der Waals surface area contributed by atoms with Gasteiger partial charge in [-0.05, 0) is 24.6 Å². The Bertz CT molecular complexity index is 502. The van der Waals surface area contributed by atoms with Gasteiger partial charge < -0.3 is 10.0 Å². The van der Waals surface area contributed by atoms with E-state index < -0.39 is 5.60 Å². The molecule has 1 aromatic carbocycles. The molecule has 102 valence electrons. The highest BCUT2D eigenvalue weighted by Crippen LogP contribution is 2.27. The van der Waals surface area contributed by atoms with Crippen LogP contribution in [-0.2, 0) is 4.79 Å². The summed E-state index contributed by atoms with van der Waals surface area (Å²) in [5.41, 5.74) is -0.0867. The fourth-order valence-electron chi connectivity index (χ4n) is 1.97. The number of hydrogen-bond acceptors (Lipinski definition) is 2. The van der Waals surface area contributed by atoms with E-state index in [4.69, 9.17) is 23.2 Å². The van der Waals surface area contributed by atoms with Gasteiger partial charge in [-0.2, -0.15) is 0 Å². The summed E-state index contributed by atoms with van der Waals surface area (Å²) < 4.78 is 0. The number of likely N-dealkylation sites (tertiary alicyclic amines) is 1. The Morgan fingerprint density at radius 2 is 2.00 bits per heavy atom. The van der Waals surface area contributed by atoms with Crippen molar-refractivity contribution in [2.45, 2.75) is 18.9 Å². The molecule has 2 rings (SSSR count). The molecule has 0 radical (unpaired) electrons. The molecule has 0 bridgehead atoms. The first-order valence-corrected chi connectivity index (χ1v) is 6.84. The largest absolute Gasteiger partial charge is 0.386 e. The van der Waals surface area contributed by atoms with Crippen LogP contribution in [0.1, 0.15) is 18.9 Å². The summed E-state index contributed by atoms with van der Waals surface area (Å²) >= 11 is 12.0. The van der Waals surface area contributed by atoms with Crippen molar-refractivity contribution >= 4 is 35.2 Å².